The number of aliphatic imine (C=N–C) groups is 1. The summed E-state index contributed by atoms with van der Waals surface area (Å²) in [7, 11) is 3.83. The Labute approximate surface area is 68.6 Å². The molecule has 0 heterocycles. The second-order valence-electron chi connectivity index (χ2n) is 2.17. The fourth-order valence-electron chi connectivity index (χ4n) is 0.661. The van der Waals surface area contributed by atoms with Crippen LogP contribution in [-0.2, 0) is 0 Å². The van der Waals surface area contributed by atoms with Gasteiger partial charge in [0.1, 0.15) is 0 Å². The predicted octanol–water partition coefficient (Wildman–Crippen LogP) is 0.389. The lowest BCUT2D eigenvalue weighted by molar-refractivity contribution is 0.755. The fourth-order valence-corrected chi connectivity index (χ4v) is 0.661. The lowest BCUT2D eigenvalue weighted by atomic mass is 10.3. The first-order chi connectivity index (χ1) is 5.35. The van der Waals surface area contributed by atoms with Crippen LogP contribution in [0.4, 0.5) is 0 Å². The molecule has 3 heteroatoms. The minimum Gasteiger partial charge on any atom is -0.384 e. The van der Waals surface area contributed by atoms with Crippen molar-refractivity contribution in [2.24, 2.45) is 4.99 Å². The monoisotopic (exact) mass is 155 g/mol. The number of nitrogens with zero attached hydrogens (tertiary/aromatic N) is 1. The number of nitrogens with one attached hydrogen (secondary N) is 2. The van der Waals surface area contributed by atoms with Crippen molar-refractivity contribution in [2.45, 2.75) is 13.3 Å². The van der Waals surface area contributed by atoms with E-state index in [1.54, 1.807) is 0 Å². The highest BCUT2D eigenvalue weighted by Crippen LogP contribution is 1.87. The molecule has 0 atom stereocenters. The Morgan fingerprint density at radius 3 is 2.64 bits per heavy atom. The van der Waals surface area contributed by atoms with Crippen LogP contribution in [0.3, 0.4) is 0 Å². The zero-order valence-electron chi connectivity index (χ0n) is 7.57. The van der Waals surface area contributed by atoms with Crippen molar-refractivity contribution in [2.75, 3.05) is 27.2 Å². The Hall–Kier alpha value is -0.790. The van der Waals surface area contributed by atoms with Crippen molar-refractivity contribution >= 4 is 5.87 Å². The second kappa shape index (κ2) is 7.32. The molecular weight excluding hydrogens is 138 g/mol. The highest BCUT2D eigenvalue weighted by molar-refractivity contribution is 5.56. The normalized spacial score (nSPS) is 8.64. The Balaban J connectivity index is 3.83. The van der Waals surface area contributed by atoms with Gasteiger partial charge in [0.2, 0.25) is 0 Å². The van der Waals surface area contributed by atoms with Crippen LogP contribution in [0, 0.1) is 0 Å². The molecule has 0 aliphatic heterocycles. The fraction of sp³-hybridized carbons (Fsp3) is 0.750. The Bertz CT molecular complexity index is 145. The molecule has 0 spiro atoms. The zero-order valence-corrected chi connectivity index (χ0v) is 7.57. The van der Waals surface area contributed by atoms with E-state index in [-0.39, 0.29) is 0 Å². The van der Waals surface area contributed by atoms with Gasteiger partial charge in [-0.3, -0.25) is 0 Å². The van der Waals surface area contributed by atoms with Crippen LogP contribution in [-0.4, -0.2) is 33.1 Å². The van der Waals surface area contributed by atoms with E-state index >= 15 is 0 Å². The highest BCUT2D eigenvalue weighted by Gasteiger charge is 1.89. The summed E-state index contributed by atoms with van der Waals surface area (Å²) >= 11 is 0. The summed E-state index contributed by atoms with van der Waals surface area (Å²) in [5.74, 6) is 2.94. The minimum atomic E-state index is 0.796. The van der Waals surface area contributed by atoms with Crippen LogP contribution in [0.25, 0.3) is 0 Å². The summed E-state index contributed by atoms with van der Waals surface area (Å²) < 4.78 is 0. The molecule has 0 aromatic rings. The van der Waals surface area contributed by atoms with E-state index in [0.717, 1.165) is 25.2 Å². The van der Waals surface area contributed by atoms with E-state index in [9.17, 15) is 0 Å². The van der Waals surface area contributed by atoms with Crippen LogP contribution in [0.2, 0.25) is 0 Å². The maximum Gasteiger partial charge on any atom is 0.0741 e. The van der Waals surface area contributed by atoms with Gasteiger partial charge in [-0.2, -0.15) is 0 Å². The topological polar surface area (TPSA) is 36.4 Å². The molecule has 0 rings (SSSR count). The number of hydrogen-bond acceptors (Lipinski definition) is 3. The Kier molecular flexibility index (Phi) is 6.79. The van der Waals surface area contributed by atoms with E-state index < -0.39 is 0 Å². The Morgan fingerprint density at radius 2 is 2.18 bits per heavy atom. The Morgan fingerprint density at radius 1 is 1.45 bits per heavy atom. The van der Waals surface area contributed by atoms with Gasteiger partial charge in [-0.25, -0.2) is 4.99 Å². The van der Waals surface area contributed by atoms with Crippen molar-refractivity contribution in [1.29, 1.82) is 0 Å². The van der Waals surface area contributed by atoms with Gasteiger partial charge in [-0.05, 0) is 14.0 Å². The van der Waals surface area contributed by atoms with Crippen molar-refractivity contribution < 1.29 is 0 Å². The molecule has 3 nitrogen and oxygen atoms in total. The van der Waals surface area contributed by atoms with E-state index in [4.69, 9.17) is 0 Å². The first kappa shape index (κ1) is 10.2. The summed E-state index contributed by atoms with van der Waals surface area (Å²) in [6, 6.07) is 0. The summed E-state index contributed by atoms with van der Waals surface area (Å²) in [5, 5.41) is 6.11. The summed E-state index contributed by atoms with van der Waals surface area (Å²) in [4.78, 5) is 4.02. The molecule has 0 aliphatic rings. The van der Waals surface area contributed by atoms with Crippen molar-refractivity contribution in [3.63, 3.8) is 0 Å². The third-order valence-corrected chi connectivity index (χ3v) is 1.30. The van der Waals surface area contributed by atoms with Crippen LogP contribution < -0.4 is 10.6 Å². The van der Waals surface area contributed by atoms with Gasteiger partial charge < -0.3 is 10.6 Å². The molecule has 2 N–H and O–H groups in total. The van der Waals surface area contributed by atoms with Crippen molar-refractivity contribution in [1.82, 2.24) is 10.6 Å². The lowest BCUT2D eigenvalue weighted by Gasteiger charge is -2.00. The summed E-state index contributed by atoms with van der Waals surface area (Å²) in [5.41, 5.74) is 1.06. The minimum absolute atomic E-state index is 0.796. The molecule has 11 heavy (non-hydrogen) atoms. The van der Waals surface area contributed by atoms with E-state index in [0.29, 0.717) is 0 Å². The molecule has 0 bridgehead atoms. The molecule has 0 saturated heterocycles. The van der Waals surface area contributed by atoms with Gasteiger partial charge in [0.25, 0.3) is 0 Å². The van der Waals surface area contributed by atoms with Gasteiger partial charge in [0.15, 0.2) is 0 Å². The maximum absolute atomic E-state index is 4.02. The summed E-state index contributed by atoms with van der Waals surface area (Å²) in [6.45, 7) is 3.76. The quantitative estimate of drug-likeness (QED) is 0.563. The van der Waals surface area contributed by atoms with Crippen LogP contribution >= 0.6 is 0 Å². The maximum atomic E-state index is 4.02. The highest BCUT2D eigenvalue weighted by atomic mass is 14.9. The van der Waals surface area contributed by atoms with E-state index in [1.807, 2.05) is 21.0 Å². The molecule has 0 unspecified atom stereocenters. The van der Waals surface area contributed by atoms with Crippen LogP contribution in [0.15, 0.2) is 10.7 Å². The second-order valence-corrected chi connectivity index (χ2v) is 2.17. The molecule has 0 aromatic carbocycles. The largest absolute Gasteiger partial charge is 0.384 e. The standard InChI is InChI=1S/C8H17N3/c1-4-11-7-8(10-3)5-6-9-2/h9-10H,4-6H2,1-3H3. The van der Waals surface area contributed by atoms with E-state index in [2.05, 4.69) is 21.5 Å². The summed E-state index contributed by atoms with van der Waals surface area (Å²) in [6.07, 6.45) is 0.955. The molecule has 64 valence electrons. The molecule has 0 aromatic heterocycles. The molecule has 0 radical (unpaired) electrons. The predicted molar refractivity (Wildman–Crippen MR) is 49.1 cm³/mol. The number of hydrogen-bond donors (Lipinski definition) is 2. The first-order valence-corrected chi connectivity index (χ1v) is 3.95. The molecule has 0 amide bonds. The first-order valence-electron chi connectivity index (χ1n) is 3.95. The van der Waals surface area contributed by atoms with Crippen molar-refractivity contribution in [3.8, 4) is 0 Å². The number of rotatable bonds is 5. The molecule has 0 saturated carbocycles. The SMILES string of the molecule is CCN=C=C(CCNC)NC. The smallest absolute Gasteiger partial charge is 0.0741 e. The molecule has 0 aliphatic carbocycles. The molecule has 0 fully saturated rings. The van der Waals surface area contributed by atoms with Gasteiger partial charge in [-0.1, -0.05) is 0 Å². The third kappa shape index (κ3) is 5.64. The van der Waals surface area contributed by atoms with E-state index in [1.165, 1.54) is 0 Å². The van der Waals surface area contributed by atoms with Crippen LogP contribution in [0.1, 0.15) is 13.3 Å². The van der Waals surface area contributed by atoms with Crippen LogP contribution in [0.5, 0.6) is 0 Å². The van der Waals surface area contributed by atoms with Gasteiger partial charge in [0, 0.05) is 32.4 Å². The zero-order chi connectivity index (χ0) is 8.53. The van der Waals surface area contributed by atoms with Gasteiger partial charge in [0.05, 0.1) is 5.70 Å². The van der Waals surface area contributed by atoms with Crippen molar-refractivity contribution in [3.05, 3.63) is 5.70 Å². The van der Waals surface area contributed by atoms with Gasteiger partial charge in [-0.15, -0.1) is 0 Å². The average molecular weight is 155 g/mol. The molecular formula is C8H17N3. The van der Waals surface area contributed by atoms with Gasteiger partial charge >= 0.3 is 0 Å². The lowest BCUT2D eigenvalue weighted by Crippen LogP contribution is -2.14. The third-order valence-electron chi connectivity index (χ3n) is 1.30. The average Bonchev–Trinajstić information content (AvgIpc) is 2.05.